The first-order valence-corrected chi connectivity index (χ1v) is 9.33. The van der Waals surface area contributed by atoms with Gasteiger partial charge < -0.3 is 5.11 Å². The van der Waals surface area contributed by atoms with Crippen LogP contribution in [0, 0.1) is 11.6 Å². The molecule has 0 bridgehead atoms. The highest BCUT2D eigenvalue weighted by Crippen LogP contribution is 2.35. The van der Waals surface area contributed by atoms with Crippen molar-refractivity contribution in [3.63, 3.8) is 0 Å². The quantitative estimate of drug-likeness (QED) is 0.392. The van der Waals surface area contributed by atoms with E-state index >= 15 is 0 Å². The van der Waals surface area contributed by atoms with E-state index in [9.17, 15) is 27.1 Å². The highest BCUT2D eigenvalue weighted by molar-refractivity contribution is 5.74. The smallest absolute Gasteiger partial charge is 0.386 e. The molecular formula is C23H17F5N2O. The molecule has 2 aromatic heterocycles. The molecule has 31 heavy (non-hydrogen) atoms. The first-order chi connectivity index (χ1) is 14.5. The standard InChI is InChI=1S/C23H17F5N2O/c1-22(2,31)17-8-9-30-19(12-29-21(30)20(17)25)14-6-7-18(24)16(11-14)13-4-3-5-15(10-13)23(26,27)28/h3-12,31H,1-2H3. The van der Waals surface area contributed by atoms with Crippen LogP contribution in [0.25, 0.3) is 28.0 Å². The Kier molecular flexibility index (Phi) is 4.85. The number of alkyl halides is 3. The predicted molar refractivity (Wildman–Crippen MR) is 106 cm³/mol. The van der Waals surface area contributed by atoms with Crippen LogP contribution in [-0.4, -0.2) is 14.5 Å². The average Bonchev–Trinajstić information content (AvgIpc) is 3.12. The van der Waals surface area contributed by atoms with Gasteiger partial charge >= 0.3 is 6.18 Å². The van der Waals surface area contributed by atoms with Crippen LogP contribution in [0.15, 0.2) is 60.9 Å². The highest BCUT2D eigenvalue weighted by Gasteiger charge is 2.30. The van der Waals surface area contributed by atoms with Gasteiger partial charge in [0.15, 0.2) is 11.5 Å². The van der Waals surface area contributed by atoms with Gasteiger partial charge in [-0.1, -0.05) is 12.1 Å². The van der Waals surface area contributed by atoms with E-state index in [0.717, 1.165) is 18.2 Å². The van der Waals surface area contributed by atoms with E-state index in [2.05, 4.69) is 4.98 Å². The number of hydrogen-bond donors (Lipinski definition) is 1. The highest BCUT2D eigenvalue weighted by atomic mass is 19.4. The molecule has 2 heterocycles. The van der Waals surface area contributed by atoms with Crippen LogP contribution < -0.4 is 0 Å². The minimum absolute atomic E-state index is 0.0212. The lowest BCUT2D eigenvalue weighted by Crippen LogP contribution is -2.18. The van der Waals surface area contributed by atoms with Crippen molar-refractivity contribution in [1.29, 1.82) is 0 Å². The maximum atomic E-state index is 14.8. The summed E-state index contributed by atoms with van der Waals surface area (Å²) >= 11 is 0. The lowest BCUT2D eigenvalue weighted by atomic mass is 9.98. The molecule has 1 N–H and O–H groups in total. The maximum absolute atomic E-state index is 14.8. The van der Waals surface area contributed by atoms with E-state index in [4.69, 9.17) is 0 Å². The number of aliphatic hydroxyl groups is 1. The van der Waals surface area contributed by atoms with E-state index in [-0.39, 0.29) is 22.3 Å². The number of aromatic nitrogens is 2. The summed E-state index contributed by atoms with van der Waals surface area (Å²) in [7, 11) is 0. The molecule has 0 radical (unpaired) electrons. The average molecular weight is 432 g/mol. The molecule has 0 fully saturated rings. The number of pyridine rings is 1. The molecule has 0 unspecified atom stereocenters. The Morgan fingerprint density at radius 1 is 0.935 bits per heavy atom. The number of halogens is 5. The molecule has 0 saturated heterocycles. The summed E-state index contributed by atoms with van der Waals surface area (Å²) in [6, 6.07) is 9.81. The first-order valence-electron chi connectivity index (χ1n) is 9.33. The van der Waals surface area contributed by atoms with Crippen LogP contribution in [-0.2, 0) is 11.8 Å². The second-order valence-corrected chi connectivity index (χ2v) is 7.71. The maximum Gasteiger partial charge on any atom is 0.416 e. The number of imidazole rings is 1. The fourth-order valence-electron chi connectivity index (χ4n) is 3.47. The van der Waals surface area contributed by atoms with Gasteiger partial charge in [-0.25, -0.2) is 13.8 Å². The predicted octanol–water partition coefficient (Wildman–Crippen LogP) is 6.19. The Morgan fingerprint density at radius 3 is 2.35 bits per heavy atom. The molecule has 0 aliphatic heterocycles. The summed E-state index contributed by atoms with van der Waals surface area (Å²) in [5, 5.41) is 10.1. The minimum atomic E-state index is -4.55. The molecule has 4 aromatic rings. The Hall–Kier alpha value is -3.26. The molecule has 0 amide bonds. The van der Waals surface area contributed by atoms with Gasteiger partial charge in [-0.15, -0.1) is 0 Å². The van der Waals surface area contributed by atoms with Gasteiger partial charge in [-0.2, -0.15) is 13.2 Å². The van der Waals surface area contributed by atoms with Crippen molar-refractivity contribution in [2.45, 2.75) is 25.6 Å². The fourth-order valence-corrected chi connectivity index (χ4v) is 3.47. The van der Waals surface area contributed by atoms with Gasteiger partial charge in [0.25, 0.3) is 0 Å². The van der Waals surface area contributed by atoms with Crippen LogP contribution in [0.2, 0.25) is 0 Å². The van der Waals surface area contributed by atoms with E-state index < -0.39 is 29.0 Å². The summed E-state index contributed by atoms with van der Waals surface area (Å²) < 4.78 is 70.0. The van der Waals surface area contributed by atoms with Crippen molar-refractivity contribution in [2.75, 3.05) is 0 Å². The largest absolute Gasteiger partial charge is 0.416 e. The van der Waals surface area contributed by atoms with Gasteiger partial charge in [0, 0.05) is 22.9 Å². The zero-order chi connectivity index (χ0) is 22.6. The number of fused-ring (bicyclic) bond motifs is 1. The molecular weight excluding hydrogens is 415 g/mol. The number of nitrogens with zero attached hydrogens (tertiary/aromatic N) is 2. The van der Waals surface area contributed by atoms with Crippen molar-refractivity contribution in [3.05, 3.63) is 83.7 Å². The Labute approximate surface area is 174 Å². The number of benzene rings is 2. The fraction of sp³-hybridized carbons (Fsp3) is 0.174. The lowest BCUT2D eigenvalue weighted by molar-refractivity contribution is -0.137. The SMILES string of the molecule is CC(C)(O)c1ccn2c(-c3ccc(F)c(-c4cccc(C(F)(F)F)c4)c3)cnc2c1F. The van der Waals surface area contributed by atoms with Gasteiger partial charge in [0.1, 0.15) is 5.82 Å². The third-order valence-electron chi connectivity index (χ3n) is 5.04. The molecule has 2 aromatic carbocycles. The molecule has 0 aliphatic rings. The van der Waals surface area contributed by atoms with Crippen LogP contribution in [0.4, 0.5) is 22.0 Å². The second kappa shape index (κ2) is 7.16. The molecule has 8 heteroatoms. The summed E-state index contributed by atoms with van der Waals surface area (Å²) in [6.07, 6.45) is -1.64. The van der Waals surface area contributed by atoms with Crippen LogP contribution in [0.5, 0.6) is 0 Å². The third-order valence-corrected chi connectivity index (χ3v) is 5.04. The van der Waals surface area contributed by atoms with Crippen molar-refractivity contribution in [3.8, 4) is 22.4 Å². The Morgan fingerprint density at radius 2 is 1.68 bits per heavy atom. The topological polar surface area (TPSA) is 37.5 Å². The first kappa shape index (κ1) is 21.0. The summed E-state index contributed by atoms with van der Waals surface area (Å²) in [4.78, 5) is 4.07. The van der Waals surface area contributed by atoms with Gasteiger partial charge in [0.05, 0.1) is 23.1 Å². The molecule has 0 aliphatic carbocycles. The van der Waals surface area contributed by atoms with Crippen molar-refractivity contribution < 1.29 is 27.1 Å². The van der Waals surface area contributed by atoms with Crippen LogP contribution in [0.3, 0.4) is 0 Å². The monoisotopic (exact) mass is 432 g/mol. The van der Waals surface area contributed by atoms with E-state index in [1.807, 2.05) is 0 Å². The molecule has 0 atom stereocenters. The summed E-state index contributed by atoms with van der Waals surface area (Å²) in [5.41, 5.74) is -1.34. The number of rotatable bonds is 3. The van der Waals surface area contributed by atoms with Crippen molar-refractivity contribution >= 4 is 5.65 Å². The van der Waals surface area contributed by atoms with Crippen molar-refractivity contribution in [2.24, 2.45) is 0 Å². The van der Waals surface area contributed by atoms with Gasteiger partial charge in [-0.05, 0) is 55.8 Å². The Bertz CT molecular complexity index is 1290. The normalized spacial score (nSPS) is 12.5. The lowest BCUT2D eigenvalue weighted by Gasteiger charge is -2.18. The summed E-state index contributed by atoms with van der Waals surface area (Å²) in [5.74, 6) is -1.38. The van der Waals surface area contributed by atoms with Crippen molar-refractivity contribution in [1.82, 2.24) is 9.38 Å². The van der Waals surface area contributed by atoms with E-state index in [0.29, 0.717) is 11.3 Å². The van der Waals surface area contributed by atoms with E-state index in [1.165, 1.54) is 61.0 Å². The summed E-state index contributed by atoms with van der Waals surface area (Å²) in [6.45, 7) is 2.90. The molecule has 0 saturated carbocycles. The van der Waals surface area contributed by atoms with Gasteiger partial charge in [0.2, 0.25) is 0 Å². The molecule has 160 valence electrons. The zero-order valence-electron chi connectivity index (χ0n) is 16.5. The molecule has 3 nitrogen and oxygen atoms in total. The van der Waals surface area contributed by atoms with E-state index in [1.54, 1.807) is 0 Å². The van der Waals surface area contributed by atoms with Crippen LogP contribution >= 0.6 is 0 Å². The second-order valence-electron chi connectivity index (χ2n) is 7.71. The number of hydrogen-bond acceptors (Lipinski definition) is 2. The minimum Gasteiger partial charge on any atom is -0.386 e. The Balaban J connectivity index is 1.85. The zero-order valence-corrected chi connectivity index (χ0v) is 16.5. The third kappa shape index (κ3) is 3.79. The van der Waals surface area contributed by atoms with Gasteiger partial charge in [-0.3, -0.25) is 4.40 Å². The molecule has 0 spiro atoms. The molecule has 4 rings (SSSR count). The van der Waals surface area contributed by atoms with Crippen LogP contribution in [0.1, 0.15) is 25.0 Å².